The highest BCUT2D eigenvalue weighted by Crippen LogP contribution is 2.30. The molecule has 0 aromatic heterocycles. The molecule has 0 atom stereocenters. The number of esters is 1. The fourth-order valence-electron chi connectivity index (χ4n) is 3.38. The Labute approximate surface area is 187 Å². The van der Waals surface area contributed by atoms with Crippen molar-refractivity contribution in [2.24, 2.45) is 4.40 Å². The lowest BCUT2D eigenvalue weighted by atomic mass is 10.1. The van der Waals surface area contributed by atoms with Crippen LogP contribution in [0.3, 0.4) is 0 Å². The maximum absolute atomic E-state index is 12.5. The molecule has 7 heteroatoms. The van der Waals surface area contributed by atoms with Crippen LogP contribution in [-0.4, -0.2) is 33.4 Å². The Morgan fingerprint density at radius 3 is 2.41 bits per heavy atom. The van der Waals surface area contributed by atoms with Crippen molar-refractivity contribution in [3.8, 4) is 0 Å². The first-order chi connectivity index (χ1) is 15.4. The number of anilines is 1. The molecular weight excluding hydrogens is 424 g/mol. The number of aryl methyl sites for hydroxylation is 1. The molecule has 1 heterocycles. The van der Waals surface area contributed by atoms with Crippen LogP contribution >= 0.6 is 0 Å². The molecule has 0 spiro atoms. The van der Waals surface area contributed by atoms with Crippen molar-refractivity contribution in [3.63, 3.8) is 0 Å². The predicted octanol–water partition coefficient (Wildman–Crippen LogP) is 4.21. The lowest BCUT2D eigenvalue weighted by molar-refractivity contribution is -0.137. The van der Waals surface area contributed by atoms with E-state index in [4.69, 9.17) is 4.74 Å². The minimum atomic E-state index is -3.77. The van der Waals surface area contributed by atoms with Gasteiger partial charge in [-0.2, -0.15) is 8.42 Å². The molecule has 32 heavy (non-hydrogen) atoms. The molecule has 162 valence electrons. The third kappa shape index (κ3) is 4.78. The minimum absolute atomic E-state index is 0.0626. The Kier molecular flexibility index (Phi) is 6.18. The van der Waals surface area contributed by atoms with Gasteiger partial charge in [0.2, 0.25) is 0 Å². The quantitative estimate of drug-likeness (QED) is 0.419. The van der Waals surface area contributed by atoms with Crippen molar-refractivity contribution in [1.82, 2.24) is 0 Å². The molecular formula is C25H22N2O4S. The Hall–Kier alpha value is -3.71. The average Bonchev–Trinajstić information content (AvgIpc) is 3.08. The van der Waals surface area contributed by atoms with Crippen LogP contribution in [0.5, 0.6) is 0 Å². The first kappa shape index (κ1) is 21.5. The molecule has 0 unspecified atom stereocenters. The van der Waals surface area contributed by atoms with Gasteiger partial charge in [-0.15, -0.1) is 4.40 Å². The van der Waals surface area contributed by atoms with E-state index in [0.29, 0.717) is 11.4 Å². The summed E-state index contributed by atoms with van der Waals surface area (Å²) in [4.78, 5) is 14.1. The zero-order valence-electron chi connectivity index (χ0n) is 17.5. The summed E-state index contributed by atoms with van der Waals surface area (Å²) in [5, 5.41) is 0. The molecule has 0 saturated carbocycles. The number of amidine groups is 1. The van der Waals surface area contributed by atoms with Crippen molar-refractivity contribution in [3.05, 3.63) is 102 Å². The van der Waals surface area contributed by atoms with Gasteiger partial charge in [0.25, 0.3) is 10.0 Å². The topological polar surface area (TPSA) is 76.0 Å². The molecule has 0 bridgehead atoms. The number of rotatable bonds is 6. The Bertz CT molecular complexity index is 1280. The number of ether oxygens (including phenoxy) is 1. The van der Waals surface area contributed by atoms with Gasteiger partial charge < -0.3 is 9.64 Å². The first-order valence-electron chi connectivity index (χ1n) is 10.1. The molecule has 0 fully saturated rings. The molecule has 6 nitrogen and oxygen atoms in total. The van der Waals surface area contributed by atoms with E-state index in [1.165, 1.54) is 6.08 Å². The molecule has 0 radical (unpaired) electrons. The van der Waals surface area contributed by atoms with Crippen LogP contribution in [0.2, 0.25) is 0 Å². The summed E-state index contributed by atoms with van der Waals surface area (Å²) >= 11 is 0. The molecule has 0 amide bonds. The van der Waals surface area contributed by atoms with E-state index in [-0.39, 0.29) is 18.0 Å². The molecule has 3 aromatic carbocycles. The number of hydrogen-bond acceptors (Lipinski definition) is 5. The van der Waals surface area contributed by atoms with Gasteiger partial charge in [-0.25, -0.2) is 4.79 Å². The Morgan fingerprint density at radius 1 is 0.969 bits per heavy atom. The molecule has 0 saturated heterocycles. The summed E-state index contributed by atoms with van der Waals surface area (Å²) in [6, 6.07) is 23.8. The Balaban J connectivity index is 1.53. The van der Waals surface area contributed by atoms with E-state index in [0.717, 1.165) is 16.8 Å². The summed E-state index contributed by atoms with van der Waals surface area (Å²) in [5.74, 6) is -0.153. The SMILES string of the molecule is Cc1ccc(N(CCOC(=O)/C=C/c2ccccc2)C2=NS(=O)(=O)c3ccccc32)cc1. The van der Waals surface area contributed by atoms with Gasteiger partial charge in [0, 0.05) is 17.3 Å². The zero-order chi connectivity index (χ0) is 22.6. The molecule has 4 rings (SSSR count). The van der Waals surface area contributed by atoms with Crippen LogP contribution < -0.4 is 4.90 Å². The van der Waals surface area contributed by atoms with E-state index >= 15 is 0 Å². The fourth-order valence-corrected chi connectivity index (χ4v) is 4.59. The van der Waals surface area contributed by atoms with E-state index in [1.54, 1.807) is 35.2 Å². The highest BCUT2D eigenvalue weighted by atomic mass is 32.2. The number of hydrogen-bond donors (Lipinski definition) is 0. The zero-order valence-corrected chi connectivity index (χ0v) is 18.3. The number of sulfonamides is 1. The second kappa shape index (κ2) is 9.20. The summed E-state index contributed by atoms with van der Waals surface area (Å²) in [7, 11) is -3.77. The fraction of sp³-hybridized carbons (Fsp3) is 0.120. The minimum Gasteiger partial charge on any atom is -0.461 e. The number of nitrogens with zero attached hydrogens (tertiary/aromatic N) is 2. The summed E-state index contributed by atoms with van der Waals surface area (Å²) in [5.41, 5.74) is 3.26. The van der Waals surface area contributed by atoms with Gasteiger partial charge in [0.05, 0.1) is 6.54 Å². The maximum Gasteiger partial charge on any atom is 0.330 e. The van der Waals surface area contributed by atoms with Crippen molar-refractivity contribution >= 4 is 33.6 Å². The number of benzene rings is 3. The van der Waals surface area contributed by atoms with Gasteiger partial charge >= 0.3 is 5.97 Å². The van der Waals surface area contributed by atoms with Crippen molar-refractivity contribution in [2.75, 3.05) is 18.1 Å². The third-order valence-corrected chi connectivity index (χ3v) is 6.31. The molecule has 1 aliphatic heterocycles. The van der Waals surface area contributed by atoms with Crippen LogP contribution in [0.1, 0.15) is 16.7 Å². The van der Waals surface area contributed by atoms with Crippen molar-refractivity contribution < 1.29 is 17.9 Å². The normalized spacial score (nSPS) is 14.1. The van der Waals surface area contributed by atoms with Crippen LogP contribution in [-0.2, 0) is 19.6 Å². The van der Waals surface area contributed by atoms with Gasteiger partial charge in [-0.1, -0.05) is 60.2 Å². The molecule has 3 aromatic rings. The smallest absolute Gasteiger partial charge is 0.330 e. The first-order valence-corrected chi connectivity index (χ1v) is 11.6. The highest BCUT2D eigenvalue weighted by Gasteiger charge is 2.32. The van der Waals surface area contributed by atoms with Crippen LogP contribution in [0.15, 0.2) is 94.2 Å². The number of carbonyl (C=O) groups is 1. The third-order valence-electron chi connectivity index (χ3n) is 4.98. The van der Waals surface area contributed by atoms with Crippen LogP contribution in [0.4, 0.5) is 5.69 Å². The summed E-state index contributed by atoms with van der Waals surface area (Å²) in [6.45, 7) is 2.28. The summed E-state index contributed by atoms with van der Waals surface area (Å²) < 4.78 is 34.5. The number of carbonyl (C=O) groups excluding carboxylic acids is 1. The van der Waals surface area contributed by atoms with Crippen LogP contribution in [0.25, 0.3) is 6.08 Å². The lowest BCUT2D eigenvalue weighted by Crippen LogP contribution is -2.34. The predicted molar refractivity (Wildman–Crippen MR) is 125 cm³/mol. The largest absolute Gasteiger partial charge is 0.461 e. The summed E-state index contributed by atoms with van der Waals surface area (Å²) in [6.07, 6.45) is 3.06. The average molecular weight is 447 g/mol. The second-order valence-electron chi connectivity index (χ2n) is 7.28. The molecule has 0 N–H and O–H groups in total. The van der Waals surface area contributed by atoms with E-state index < -0.39 is 16.0 Å². The highest BCUT2D eigenvalue weighted by molar-refractivity contribution is 7.90. The van der Waals surface area contributed by atoms with Gasteiger partial charge in [0.15, 0.2) is 5.84 Å². The monoisotopic (exact) mass is 446 g/mol. The lowest BCUT2D eigenvalue weighted by Gasteiger charge is -2.24. The van der Waals surface area contributed by atoms with Crippen molar-refractivity contribution in [1.29, 1.82) is 0 Å². The second-order valence-corrected chi connectivity index (χ2v) is 8.86. The maximum atomic E-state index is 12.5. The standard InChI is InChI=1S/C25H22N2O4S/c1-19-11-14-21(15-12-19)27(25-22-9-5-6-10-23(22)32(29,30)26-25)17-18-31-24(28)16-13-20-7-3-2-4-8-20/h2-16H,17-18H2,1H3/b16-13+. The van der Waals surface area contributed by atoms with E-state index in [2.05, 4.69) is 4.40 Å². The van der Waals surface area contributed by atoms with Crippen molar-refractivity contribution in [2.45, 2.75) is 11.8 Å². The number of fused-ring (bicyclic) bond motifs is 1. The van der Waals surface area contributed by atoms with Gasteiger partial charge in [-0.05, 0) is 42.8 Å². The molecule has 0 aliphatic carbocycles. The molecule has 1 aliphatic rings. The van der Waals surface area contributed by atoms with Gasteiger partial charge in [-0.3, -0.25) is 0 Å². The Morgan fingerprint density at radius 2 is 1.66 bits per heavy atom. The van der Waals surface area contributed by atoms with E-state index in [1.807, 2.05) is 61.5 Å². The van der Waals surface area contributed by atoms with E-state index in [9.17, 15) is 13.2 Å². The van der Waals surface area contributed by atoms with Gasteiger partial charge in [0.1, 0.15) is 11.5 Å². The van der Waals surface area contributed by atoms with Crippen LogP contribution in [0, 0.1) is 6.92 Å².